The fraction of sp³-hybridized carbons (Fsp3) is 0.130. The van der Waals surface area contributed by atoms with Crippen LogP contribution in [0.1, 0.15) is 27.9 Å². The number of anilines is 1. The number of para-hydroxylation sites is 1. The van der Waals surface area contributed by atoms with Crippen molar-refractivity contribution in [2.24, 2.45) is 0 Å². The molecule has 28 heavy (non-hydrogen) atoms. The zero-order valence-corrected chi connectivity index (χ0v) is 16.6. The summed E-state index contributed by atoms with van der Waals surface area (Å²) in [5.41, 5.74) is 0.628. The number of halogens is 1. The molecule has 1 amide bonds. The summed E-state index contributed by atoms with van der Waals surface area (Å²) >= 11 is 3.51. The van der Waals surface area contributed by atoms with Gasteiger partial charge in [-0.2, -0.15) is 0 Å². The molecule has 0 saturated heterocycles. The molecule has 0 aromatic heterocycles. The molecule has 0 unspecified atom stereocenters. The summed E-state index contributed by atoms with van der Waals surface area (Å²) in [7, 11) is 0. The molecule has 1 N–H and O–H groups in total. The maximum absolute atomic E-state index is 13.3. The molecule has 0 fully saturated rings. The minimum absolute atomic E-state index is 0.269. The zero-order valence-electron chi connectivity index (χ0n) is 15.0. The van der Waals surface area contributed by atoms with Gasteiger partial charge in [-0.3, -0.25) is 9.59 Å². The van der Waals surface area contributed by atoms with Crippen LogP contribution in [0.3, 0.4) is 0 Å². The number of hydrogen-bond donors (Lipinski definition) is 1. The molecule has 0 saturated carbocycles. The normalized spacial score (nSPS) is 18.2. The lowest BCUT2D eigenvalue weighted by Gasteiger charge is -2.23. The number of Topliss-reactive ketones (excluding diaryl/α,β-unsaturated/α-hetero) is 1. The Morgan fingerprint density at radius 1 is 0.929 bits per heavy atom. The molecule has 1 heterocycles. The molecule has 0 bridgehead atoms. The molecule has 0 radical (unpaired) electrons. The van der Waals surface area contributed by atoms with E-state index in [0.29, 0.717) is 23.4 Å². The van der Waals surface area contributed by atoms with E-state index in [1.165, 1.54) is 0 Å². The highest BCUT2D eigenvalue weighted by molar-refractivity contribution is 9.10. The predicted octanol–water partition coefficient (Wildman–Crippen LogP) is 4.46. The Kier molecular flexibility index (Phi) is 4.87. The first kappa shape index (κ1) is 18.6. The average molecular weight is 436 g/mol. The van der Waals surface area contributed by atoms with E-state index >= 15 is 0 Å². The van der Waals surface area contributed by atoms with E-state index in [9.17, 15) is 14.7 Å². The highest BCUT2D eigenvalue weighted by Gasteiger charge is 2.50. The summed E-state index contributed by atoms with van der Waals surface area (Å²) < 4.78 is 0.885. The van der Waals surface area contributed by atoms with Gasteiger partial charge >= 0.3 is 0 Å². The number of benzene rings is 3. The topological polar surface area (TPSA) is 57.6 Å². The van der Waals surface area contributed by atoms with Crippen molar-refractivity contribution in [2.75, 3.05) is 4.90 Å². The number of fused-ring (bicyclic) bond motifs is 1. The van der Waals surface area contributed by atoms with Gasteiger partial charge in [0.1, 0.15) is 0 Å². The number of hydrogen-bond acceptors (Lipinski definition) is 3. The Bertz CT molecular complexity index is 1050. The minimum atomic E-state index is -1.87. The van der Waals surface area contributed by atoms with Gasteiger partial charge in [0.05, 0.1) is 18.7 Å². The molecule has 0 spiro atoms. The van der Waals surface area contributed by atoms with Crippen molar-refractivity contribution < 1.29 is 14.7 Å². The molecular formula is C23H18BrNO3. The Morgan fingerprint density at radius 3 is 2.32 bits per heavy atom. The quantitative estimate of drug-likeness (QED) is 0.601. The Hall–Kier alpha value is -2.76. The first-order valence-corrected chi connectivity index (χ1v) is 9.75. The highest BCUT2D eigenvalue weighted by Crippen LogP contribution is 2.43. The van der Waals surface area contributed by atoms with E-state index in [1.807, 2.05) is 36.4 Å². The molecule has 5 heteroatoms. The van der Waals surface area contributed by atoms with Crippen LogP contribution in [0.15, 0.2) is 83.3 Å². The van der Waals surface area contributed by atoms with Gasteiger partial charge in [-0.1, -0.05) is 82.7 Å². The van der Waals surface area contributed by atoms with E-state index in [-0.39, 0.29) is 12.2 Å². The maximum Gasteiger partial charge on any atom is 0.264 e. The van der Waals surface area contributed by atoms with Gasteiger partial charge in [0, 0.05) is 15.6 Å². The molecule has 140 valence electrons. The maximum atomic E-state index is 13.3. The summed E-state index contributed by atoms with van der Waals surface area (Å²) in [6, 6.07) is 23.5. The number of rotatable bonds is 5. The third-order valence-corrected chi connectivity index (χ3v) is 5.81. The van der Waals surface area contributed by atoms with Crippen LogP contribution in [-0.2, 0) is 16.9 Å². The highest BCUT2D eigenvalue weighted by atomic mass is 79.9. The molecule has 4 nitrogen and oxygen atoms in total. The lowest BCUT2D eigenvalue weighted by molar-refractivity contribution is -0.136. The van der Waals surface area contributed by atoms with E-state index in [4.69, 9.17) is 0 Å². The van der Waals surface area contributed by atoms with Crippen molar-refractivity contribution in [3.8, 4) is 0 Å². The summed E-state index contributed by atoms with van der Waals surface area (Å²) in [6.45, 7) is 0.305. The van der Waals surface area contributed by atoms with Gasteiger partial charge in [-0.05, 0) is 17.7 Å². The third-order valence-electron chi connectivity index (χ3n) is 5.04. The van der Waals surface area contributed by atoms with Gasteiger partial charge in [-0.25, -0.2) is 0 Å². The zero-order chi connectivity index (χ0) is 19.7. The van der Waals surface area contributed by atoms with Crippen molar-refractivity contribution in [3.63, 3.8) is 0 Å². The van der Waals surface area contributed by atoms with Crippen LogP contribution in [0.2, 0.25) is 0 Å². The lowest BCUT2D eigenvalue weighted by atomic mass is 9.88. The Labute approximate surface area is 171 Å². The van der Waals surface area contributed by atoms with Crippen LogP contribution in [0.5, 0.6) is 0 Å². The van der Waals surface area contributed by atoms with Gasteiger partial charge in [0.25, 0.3) is 5.91 Å². The molecule has 0 aliphatic carbocycles. The van der Waals surface area contributed by atoms with E-state index in [0.717, 1.165) is 10.0 Å². The van der Waals surface area contributed by atoms with Gasteiger partial charge in [-0.15, -0.1) is 0 Å². The Balaban J connectivity index is 1.70. The Morgan fingerprint density at radius 2 is 1.57 bits per heavy atom. The fourth-order valence-corrected chi connectivity index (χ4v) is 4.00. The standard InChI is InChI=1S/C23H18BrNO3/c24-19-12-6-4-10-17(19)15-25-20-13-7-5-11-18(20)23(28,22(25)27)14-21(26)16-8-2-1-3-9-16/h1-13,28H,14-15H2/t23-/m0/s1. The summed E-state index contributed by atoms with van der Waals surface area (Å²) in [5.74, 6) is -0.747. The SMILES string of the molecule is O=C(C[C@@]1(O)C(=O)N(Cc2ccccc2Br)c2ccccc21)c1ccccc1. The number of nitrogens with zero attached hydrogens (tertiary/aromatic N) is 1. The number of aliphatic hydroxyl groups is 1. The van der Waals surface area contributed by atoms with Gasteiger partial charge in [0.2, 0.25) is 0 Å². The second-order valence-corrected chi connectivity index (χ2v) is 7.68. The van der Waals surface area contributed by atoms with Crippen LogP contribution in [-0.4, -0.2) is 16.8 Å². The second-order valence-electron chi connectivity index (χ2n) is 6.83. The summed E-state index contributed by atoms with van der Waals surface area (Å²) in [4.78, 5) is 27.6. The lowest BCUT2D eigenvalue weighted by Crippen LogP contribution is -2.41. The number of carbonyl (C=O) groups excluding carboxylic acids is 2. The van der Waals surface area contributed by atoms with Crippen LogP contribution in [0.25, 0.3) is 0 Å². The fourth-order valence-electron chi connectivity index (χ4n) is 3.59. The molecule has 3 aromatic rings. The summed E-state index contributed by atoms with van der Waals surface area (Å²) in [5, 5.41) is 11.3. The first-order valence-electron chi connectivity index (χ1n) is 8.96. The number of carbonyl (C=O) groups is 2. The van der Waals surface area contributed by atoms with E-state index < -0.39 is 11.5 Å². The average Bonchev–Trinajstić information content (AvgIpc) is 2.92. The number of ketones is 1. The molecular weight excluding hydrogens is 418 g/mol. The molecule has 4 rings (SSSR count). The van der Waals surface area contributed by atoms with Crippen LogP contribution in [0, 0.1) is 0 Å². The van der Waals surface area contributed by atoms with Crippen molar-refractivity contribution in [3.05, 3.63) is 100 Å². The second kappa shape index (κ2) is 7.34. The van der Waals surface area contributed by atoms with Crippen molar-refractivity contribution in [1.82, 2.24) is 0 Å². The molecule has 1 aliphatic rings. The number of amides is 1. The molecule has 1 aliphatic heterocycles. The van der Waals surface area contributed by atoms with Crippen LogP contribution < -0.4 is 4.90 Å². The van der Waals surface area contributed by atoms with E-state index in [2.05, 4.69) is 15.9 Å². The smallest absolute Gasteiger partial charge is 0.264 e. The van der Waals surface area contributed by atoms with Gasteiger partial charge < -0.3 is 10.0 Å². The summed E-state index contributed by atoms with van der Waals surface area (Å²) in [6.07, 6.45) is -0.292. The minimum Gasteiger partial charge on any atom is -0.375 e. The molecule has 3 aromatic carbocycles. The third kappa shape index (κ3) is 3.17. The monoisotopic (exact) mass is 435 g/mol. The predicted molar refractivity (Wildman–Crippen MR) is 111 cm³/mol. The van der Waals surface area contributed by atoms with Crippen LogP contribution >= 0.6 is 15.9 Å². The molecule has 1 atom stereocenters. The largest absolute Gasteiger partial charge is 0.375 e. The van der Waals surface area contributed by atoms with E-state index in [1.54, 1.807) is 47.4 Å². The van der Waals surface area contributed by atoms with Crippen molar-refractivity contribution >= 4 is 33.3 Å². The van der Waals surface area contributed by atoms with Gasteiger partial charge in [0.15, 0.2) is 11.4 Å². The van der Waals surface area contributed by atoms with Crippen LogP contribution in [0.4, 0.5) is 5.69 Å². The van der Waals surface area contributed by atoms with Crippen molar-refractivity contribution in [1.29, 1.82) is 0 Å². The first-order chi connectivity index (χ1) is 13.5. The van der Waals surface area contributed by atoms with Crippen molar-refractivity contribution in [2.45, 2.75) is 18.6 Å².